The number of aliphatic hydroxyl groups is 2. The van der Waals surface area contributed by atoms with Crippen LogP contribution in [0.1, 0.15) is 53.9 Å². The van der Waals surface area contributed by atoms with E-state index in [-0.39, 0.29) is 12.7 Å². The van der Waals surface area contributed by atoms with Gasteiger partial charge in [-0.25, -0.2) is 0 Å². The van der Waals surface area contributed by atoms with E-state index in [9.17, 15) is 15.0 Å². The summed E-state index contributed by atoms with van der Waals surface area (Å²) in [6, 6.07) is 0. The molecule has 0 unspecified atom stereocenters. The third kappa shape index (κ3) is 8.74. The van der Waals surface area contributed by atoms with Gasteiger partial charge in [-0.3, -0.25) is 4.79 Å². The average Bonchev–Trinajstić information content (AvgIpc) is 2.79. The summed E-state index contributed by atoms with van der Waals surface area (Å²) in [6.45, 7) is 8.99. The van der Waals surface area contributed by atoms with Crippen molar-refractivity contribution in [3.8, 4) is 0 Å². The molecule has 1 rings (SSSR count). The summed E-state index contributed by atoms with van der Waals surface area (Å²) in [6.07, 6.45) is 1.93. The molecule has 0 bridgehead atoms. The maximum atomic E-state index is 13.1. The molecule has 0 aromatic rings. The van der Waals surface area contributed by atoms with Gasteiger partial charge in [0.05, 0.1) is 35.4 Å². The standard InChI is InChI=1S/C23H42INO8S/c1-14-11-22(4,30-7)10-9-17(25-32-12-29-6)15(2)19(26)23(5,28)21(24)33-20(27)16(3)18(14)31-13-34-8/h14-16,18-19,21,26,28H,9-13H2,1-8H3/b25-17-/t14-,15+,16-,18+,19-,21+,22-,23+/m1/s1. The van der Waals surface area contributed by atoms with E-state index in [0.29, 0.717) is 30.9 Å². The number of carbonyl (C=O) groups excluding carboxylic acids is 1. The molecular formula is C23H42INO8S. The molecule has 1 heterocycles. The van der Waals surface area contributed by atoms with E-state index in [1.165, 1.54) is 25.8 Å². The SMILES string of the molecule is COCO/N=C1/CC[C@@](C)(OC)C[C@@H](C)[C@H](OCSC)[C@@H](C)C(=O)O[C@H](I)[C@@](C)(O)[C@H](O)[C@H]1C. The Morgan fingerprint density at radius 2 is 1.88 bits per heavy atom. The first-order valence-electron chi connectivity index (χ1n) is 11.4. The molecule has 8 atom stereocenters. The molecule has 200 valence electrons. The number of thioether (sulfide) groups is 1. The van der Waals surface area contributed by atoms with Crippen molar-refractivity contribution >= 4 is 46.0 Å². The van der Waals surface area contributed by atoms with Crippen LogP contribution in [0.25, 0.3) is 0 Å². The summed E-state index contributed by atoms with van der Waals surface area (Å²) in [5.74, 6) is -1.24. The first kappa shape index (κ1) is 31.8. The lowest BCUT2D eigenvalue weighted by Crippen LogP contribution is -2.54. The number of aliphatic hydroxyl groups excluding tert-OH is 1. The fourth-order valence-corrected chi connectivity index (χ4v) is 5.14. The molecule has 34 heavy (non-hydrogen) atoms. The summed E-state index contributed by atoms with van der Waals surface area (Å²) in [5.41, 5.74) is -1.74. The molecular weight excluding hydrogens is 577 g/mol. The Morgan fingerprint density at radius 3 is 2.44 bits per heavy atom. The van der Waals surface area contributed by atoms with E-state index in [1.807, 2.05) is 42.7 Å². The molecule has 1 aliphatic rings. The highest BCUT2D eigenvalue weighted by Gasteiger charge is 2.46. The number of hydrogen-bond donors (Lipinski definition) is 2. The monoisotopic (exact) mass is 619 g/mol. The number of carbonyl (C=O) groups is 1. The number of methoxy groups -OCH3 is 2. The first-order valence-corrected chi connectivity index (χ1v) is 14.1. The van der Waals surface area contributed by atoms with Gasteiger partial charge in [0.25, 0.3) is 0 Å². The van der Waals surface area contributed by atoms with Crippen LogP contribution in [0.15, 0.2) is 5.16 Å². The van der Waals surface area contributed by atoms with E-state index >= 15 is 0 Å². The van der Waals surface area contributed by atoms with Crippen LogP contribution in [-0.4, -0.2) is 82.6 Å². The van der Waals surface area contributed by atoms with Crippen molar-refractivity contribution in [3.63, 3.8) is 0 Å². The topological polar surface area (TPSA) is 116 Å². The summed E-state index contributed by atoms with van der Waals surface area (Å²) in [4.78, 5) is 18.3. The van der Waals surface area contributed by atoms with E-state index in [0.717, 1.165) is 0 Å². The second-order valence-corrected chi connectivity index (χ2v) is 11.4. The summed E-state index contributed by atoms with van der Waals surface area (Å²) < 4.78 is 21.5. The number of alkyl halides is 1. The van der Waals surface area contributed by atoms with Crippen LogP contribution in [0.2, 0.25) is 0 Å². The molecule has 0 saturated carbocycles. The number of oxime groups is 1. The van der Waals surface area contributed by atoms with Gasteiger partial charge in [-0.15, -0.1) is 11.8 Å². The van der Waals surface area contributed by atoms with Gasteiger partial charge < -0.3 is 34.0 Å². The number of hydrogen-bond acceptors (Lipinski definition) is 10. The highest BCUT2D eigenvalue weighted by molar-refractivity contribution is 14.1. The number of ether oxygens (including phenoxy) is 4. The predicted molar refractivity (Wildman–Crippen MR) is 141 cm³/mol. The zero-order chi connectivity index (χ0) is 26.1. The molecule has 0 amide bonds. The van der Waals surface area contributed by atoms with Gasteiger partial charge in [0.1, 0.15) is 5.60 Å². The zero-order valence-corrected chi connectivity index (χ0v) is 24.6. The maximum absolute atomic E-state index is 13.1. The van der Waals surface area contributed by atoms with Crippen LogP contribution in [0.4, 0.5) is 0 Å². The van der Waals surface area contributed by atoms with Crippen LogP contribution < -0.4 is 0 Å². The van der Waals surface area contributed by atoms with Crippen LogP contribution in [-0.2, 0) is 28.6 Å². The lowest BCUT2D eigenvalue weighted by molar-refractivity contribution is -0.173. The lowest BCUT2D eigenvalue weighted by atomic mass is 9.79. The van der Waals surface area contributed by atoms with Crippen molar-refractivity contribution < 1.29 is 38.8 Å². The number of cyclic esters (lactones) is 1. The fourth-order valence-electron chi connectivity index (χ4n) is 4.23. The third-order valence-electron chi connectivity index (χ3n) is 6.59. The van der Waals surface area contributed by atoms with Gasteiger partial charge in [-0.05, 0) is 74.8 Å². The highest BCUT2D eigenvalue weighted by Crippen LogP contribution is 2.35. The summed E-state index contributed by atoms with van der Waals surface area (Å²) in [7, 11) is 3.15. The van der Waals surface area contributed by atoms with Gasteiger partial charge in [-0.2, -0.15) is 0 Å². The van der Waals surface area contributed by atoms with Gasteiger partial charge in [-0.1, -0.05) is 19.0 Å². The Hall–Kier alpha value is -0.180. The molecule has 0 radical (unpaired) electrons. The van der Waals surface area contributed by atoms with Crippen LogP contribution in [0.5, 0.6) is 0 Å². The van der Waals surface area contributed by atoms with Crippen LogP contribution >= 0.6 is 34.4 Å². The number of esters is 1. The zero-order valence-electron chi connectivity index (χ0n) is 21.6. The van der Waals surface area contributed by atoms with Crippen LogP contribution in [0.3, 0.4) is 0 Å². The molecule has 2 N–H and O–H groups in total. The number of halogens is 1. The summed E-state index contributed by atoms with van der Waals surface area (Å²) in [5, 5.41) is 26.5. The largest absolute Gasteiger partial charge is 0.448 e. The molecule has 1 fully saturated rings. The van der Waals surface area contributed by atoms with Gasteiger partial charge >= 0.3 is 5.97 Å². The molecule has 0 aliphatic carbocycles. The summed E-state index contributed by atoms with van der Waals surface area (Å²) >= 11 is 3.38. The second-order valence-electron chi connectivity index (χ2n) is 9.49. The predicted octanol–water partition coefficient (Wildman–Crippen LogP) is 3.58. The molecule has 9 nitrogen and oxygen atoms in total. The smallest absolute Gasteiger partial charge is 0.312 e. The first-order chi connectivity index (χ1) is 15.8. The quantitative estimate of drug-likeness (QED) is 0.110. The molecule has 0 aromatic carbocycles. The van der Waals surface area contributed by atoms with Crippen LogP contribution in [0, 0.1) is 17.8 Å². The fraction of sp³-hybridized carbons (Fsp3) is 0.913. The Morgan fingerprint density at radius 1 is 1.24 bits per heavy atom. The highest BCUT2D eigenvalue weighted by atomic mass is 127. The Bertz CT molecular complexity index is 667. The number of rotatable bonds is 7. The number of nitrogens with zero attached hydrogens (tertiary/aromatic N) is 1. The van der Waals surface area contributed by atoms with Crippen molar-refractivity contribution in [3.05, 3.63) is 0 Å². The Labute approximate surface area is 221 Å². The molecule has 0 spiro atoms. The van der Waals surface area contributed by atoms with E-state index in [4.69, 9.17) is 23.8 Å². The Kier molecular flexibility index (Phi) is 13.6. The minimum absolute atomic E-state index is 0.0242. The normalized spacial score (nSPS) is 40.0. The van der Waals surface area contributed by atoms with E-state index in [2.05, 4.69) is 5.16 Å². The van der Waals surface area contributed by atoms with E-state index < -0.39 is 45.3 Å². The molecule has 1 saturated heterocycles. The third-order valence-corrected chi connectivity index (χ3v) is 8.48. The molecule has 11 heteroatoms. The van der Waals surface area contributed by atoms with Crippen molar-refractivity contribution in [1.82, 2.24) is 0 Å². The van der Waals surface area contributed by atoms with Gasteiger partial charge in [0.15, 0.2) is 4.11 Å². The van der Waals surface area contributed by atoms with Crippen molar-refractivity contribution in [2.24, 2.45) is 22.9 Å². The maximum Gasteiger partial charge on any atom is 0.312 e. The van der Waals surface area contributed by atoms with Crippen molar-refractivity contribution in [2.45, 2.75) is 81.4 Å². The minimum atomic E-state index is -1.74. The molecule has 1 aliphatic heterocycles. The van der Waals surface area contributed by atoms with Crippen molar-refractivity contribution in [2.75, 3.05) is 33.2 Å². The van der Waals surface area contributed by atoms with Gasteiger partial charge in [0, 0.05) is 20.1 Å². The van der Waals surface area contributed by atoms with Crippen molar-refractivity contribution in [1.29, 1.82) is 0 Å². The minimum Gasteiger partial charge on any atom is -0.448 e. The lowest BCUT2D eigenvalue weighted by Gasteiger charge is -2.39. The molecule has 0 aromatic heterocycles. The van der Waals surface area contributed by atoms with E-state index in [1.54, 1.807) is 21.0 Å². The Balaban J connectivity index is 3.43. The second kappa shape index (κ2) is 14.5. The van der Waals surface area contributed by atoms with Gasteiger partial charge in [0.2, 0.25) is 6.79 Å². The average molecular weight is 620 g/mol.